The van der Waals surface area contributed by atoms with Crippen LogP contribution in [0.4, 0.5) is 5.69 Å². The molecule has 3 heteroatoms. The van der Waals surface area contributed by atoms with Crippen molar-refractivity contribution < 1.29 is 11.7 Å². The first-order chi connectivity index (χ1) is 14.6. The summed E-state index contributed by atoms with van der Waals surface area (Å²) in [6.07, 6.45) is -1.45. The maximum absolute atomic E-state index is 8.63. The normalized spacial score (nSPS) is 13.0. The van der Waals surface area contributed by atoms with E-state index in [1.807, 2.05) is 59.9 Å². The lowest BCUT2D eigenvalue weighted by atomic mass is 9.96. The van der Waals surface area contributed by atoms with Crippen molar-refractivity contribution in [2.75, 3.05) is 0 Å². The Hall–Kier alpha value is -3.12. The Kier molecular flexibility index (Phi) is 4.08. The highest BCUT2D eigenvalue weighted by molar-refractivity contribution is 6.13. The number of rotatable bonds is 3. The molecule has 0 unspecified atom stereocenters. The van der Waals surface area contributed by atoms with Crippen LogP contribution in [0.3, 0.4) is 0 Å². The summed E-state index contributed by atoms with van der Waals surface area (Å²) >= 11 is 0. The first kappa shape index (κ1) is 16.8. The number of fused-ring (bicyclic) bond motifs is 3. The molecule has 2 aromatic heterocycles. The summed E-state index contributed by atoms with van der Waals surface area (Å²) < 4.78 is 25.7. The first-order valence-electron chi connectivity index (χ1n) is 10.9. The number of pyridine rings is 1. The van der Waals surface area contributed by atoms with Crippen LogP contribution in [0, 0.1) is 33.3 Å². The zero-order chi connectivity index (χ0) is 22.7. The number of hydrogen-bond acceptors (Lipinski definition) is 1. The lowest BCUT2D eigenvalue weighted by Gasteiger charge is -2.11. The van der Waals surface area contributed by atoms with Crippen LogP contribution < -0.4 is 4.57 Å². The van der Waals surface area contributed by atoms with Gasteiger partial charge < -0.3 is 4.42 Å². The summed E-state index contributed by atoms with van der Waals surface area (Å²) in [6, 6.07) is 11.9. The van der Waals surface area contributed by atoms with Crippen molar-refractivity contribution in [3.63, 3.8) is 0 Å². The average Bonchev–Trinajstić information content (AvgIpc) is 3.07. The third kappa shape index (κ3) is 3.19. The molecule has 2 heterocycles. The topological polar surface area (TPSA) is 21.4 Å². The van der Waals surface area contributed by atoms with Crippen molar-refractivity contribution in [3.8, 4) is 11.3 Å². The van der Waals surface area contributed by atoms with Crippen LogP contribution in [-0.2, 0) is 13.4 Å². The Balaban J connectivity index is 2.12. The summed E-state index contributed by atoms with van der Waals surface area (Å²) in [5, 5.41) is 1.91. The van der Waals surface area contributed by atoms with Gasteiger partial charge in [0.15, 0.2) is 5.69 Å². The predicted molar refractivity (Wildman–Crippen MR) is 119 cm³/mol. The van der Waals surface area contributed by atoms with E-state index in [0.717, 1.165) is 44.4 Å². The molecule has 0 N–H and O–H groups in total. The molecule has 146 valence electrons. The number of furan rings is 1. The van der Waals surface area contributed by atoms with Crippen LogP contribution in [0.15, 0.2) is 40.8 Å². The second-order valence-corrected chi connectivity index (χ2v) is 8.14. The lowest BCUT2D eigenvalue weighted by molar-refractivity contribution is -0.666. The Morgan fingerprint density at radius 3 is 2.52 bits per heavy atom. The Morgan fingerprint density at radius 1 is 1.07 bits per heavy atom. The van der Waals surface area contributed by atoms with Crippen molar-refractivity contribution >= 4 is 27.6 Å². The van der Waals surface area contributed by atoms with E-state index in [4.69, 9.17) is 13.7 Å². The minimum atomic E-state index is -1.45. The lowest BCUT2D eigenvalue weighted by Crippen LogP contribution is -2.35. The highest BCUT2D eigenvalue weighted by Gasteiger charge is 2.23. The molecular formula is C26H27N2O+. The largest absolute Gasteiger partial charge is 0.466 e. The van der Waals surface area contributed by atoms with E-state index < -0.39 is 6.37 Å². The van der Waals surface area contributed by atoms with Crippen LogP contribution in [0.5, 0.6) is 0 Å². The maximum atomic E-state index is 8.63. The fraction of sp³-hybridized carbons (Fsp3) is 0.308. The molecule has 0 saturated heterocycles. The number of aromatic nitrogens is 1. The van der Waals surface area contributed by atoms with Gasteiger partial charge in [-0.2, -0.15) is 4.57 Å². The fourth-order valence-electron chi connectivity index (χ4n) is 4.02. The van der Waals surface area contributed by atoms with Gasteiger partial charge in [0, 0.05) is 32.6 Å². The minimum absolute atomic E-state index is 0.153. The van der Waals surface area contributed by atoms with Crippen molar-refractivity contribution in [2.45, 2.75) is 41.0 Å². The van der Waals surface area contributed by atoms with E-state index in [0.29, 0.717) is 16.8 Å². The molecule has 0 amide bonds. The van der Waals surface area contributed by atoms with Gasteiger partial charge in [0.2, 0.25) is 11.4 Å². The zero-order valence-corrected chi connectivity index (χ0v) is 17.8. The zero-order valence-electron chi connectivity index (χ0n) is 19.8. The van der Waals surface area contributed by atoms with Gasteiger partial charge in [-0.05, 0) is 43.3 Å². The monoisotopic (exact) mass is 385 g/mol. The Morgan fingerprint density at radius 2 is 1.83 bits per heavy atom. The molecule has 29 heavy (non-hydrogen) atoms. The smallest absolute Gasteiger partial charge is 0.229 e. The third-order valence-electron chi connectivity index (χ3n) is 5.45. The molecular weight excluding hydrogens is 356 g/mol. The van der Waals surface area contributed by atoms with Gasteiger partial charge in [0.25, 0.3) is 0 Å². The van der Waals surface area contributed by atoms with Gasteiger partial charge in [-0.15, -0.1) is 0 Å². The van der Waals surface area contributed by atoms with Crippen LogP contribution in [0.2, 0.25) is 0 Å². The number of nitrogens with zero attached hydrogens (tertiary/aromatic N) is 2. The average molecular weight is 386 g/mol. The van der Waals surface area contributed by atoms with E-state index in [2.05, 4.69) is 27.6 Å². The van der Waals surface area contributed by atoms with Crippen LogP contribution in [-0.4, -0.2) is 0 Å². The molecule has 0 aliphatic heterocycles. The number of hydrogen-bond donors (Lipinski definition) is 0. The quantitative estimate of drug-likeness (QED) is 0.282. The van der Waals surface area contributed by atoms with Gasteiger partial charge >= 0.3 is 0 Å². The molecule has 0 atom stereocenters. The standard InChI is InChI=1S/C26H27N2O/c1-15(2)10-19-13-18(5)28(7)23(14-19)24-17(4)8-9-20-21-11-16(3)12-22(27-6)25(21)29-26(20)24/h8-9,11-15H,10H2,1-5,7H3/q+1/i10D2. The van der Waals surface area contributed by atoms with Crippen molar-refractivity contribution in [2.24, 2.45) is 13.0 Å². The van der Waals surface area contributed by atoms with E-state index in [-0.39, 0.29) is 5.92 Å². The molecule has 3 nitrogen and oxygen atoms in total. The van der Waals surface area contributed by atoms with Gasteiger partial charge in [-0.1, -0.05) is 37.6 Å². The second kappa shape index (κ2) is 7.04. The van der Waals surface area contributed by atoms with Gasteiger partial charge in [-0.3, -0.25) is 0 Å². The first-order valence-corrected chi connectivity index (χ1v) is 9.91. The Labute approximate surface area is 175 Å². The maximum Gasteiger partial charge on any atom is 0.229 e. The summed E-state index contributed by atoms with van der Waals surface area (Å²) in [5.41, 5.74) is 7.41. The number of benzene rings is 2. The molecule has 0 aliphatic carbocycles. The molecule has 0 saturated carbocycles. The molecule has 0 bridgehead atoms. The van der Waals surface area contributed by atoms with E-state index in [9.17, 15) is 0 Å². The third-order valence-corrected chi connectivity index (χ3v) is 5.45. The van der Waals surface area contributed by atoms with E-state index in [1.165, 1.54) is 0 Å². The van der Waals surface area contributed by atoms with Gasteiger partial charge in [-0.25, -0.2) is 4.85 Å². The van der Waals surface area contributed by atoms with Gasteiger partial charge in [0.05, 0.1) is 12.1 Å². The van der Waals surface area contributed by atoms with E-state index in [1.54, 1.807) is 0 Å². The molecule has 4 aromatic rings. The molecule has 0 radical (unpaired) electrons. The van der Waals surface area contributed by atoms with Crippen LogP contribution in [0.25, 0.3) is 38.0 Å². The molecule has 2 aromatic carbocycles. The predicted octanol–water partition coefficient (Wildman–Crippen LogP) is 6.75. The molecule has 4 rings (SSSR count). The van der Waals surface area contributed by atoms with Crippen molar-refractivity contribution in [3.05, 3.63) is 70.2 Å². The number of aryl methyl sites for hydroxylation is 3. The van der Waals surface area contributed by atoms with Crippen LogP contribution in [0.1, 0.15) is 39.0 Å². The summed E-state index contributed by atoms with van der Waals surface area (Å²) in [7, 11) is 2.00. The summed E-state index contributed by atoms with van der Waals surface area (Å²) in [4.78, 5) is 3.68. The SMILES string of the molecule is [2H]C([2H])(c1cc(C)[n+](C)c(-c2c(C)ccc3c2oc2c([N+]#[C-])cc(C)cc23)c1)C(C)C. The molecule has 0 fully saturated rings. The highest BCUT2D eigenvalue weighted by atomic mass is 16.3. The fourth-order valence-corrected chi connectivity index (χ4v) is 4.02. The Bertz CT molecular complexity index is 1390. The summed E-state index contributed by atoms with van der Waals surface area (Å²) in [5.74, 6) is -0.153. The minimum Gasteiger partial charge on any atom is -0.466 e. The summed E-state index contributed by atoms with van der Waals surface area (Å²) in [6.45, 7) is 17.4. The van der Waals surface area contributed by atoms with Gasteiger partial charge in [0.1, 0.15) is 18.2 Å². The van der Waals surface area contributed by atoms with Crippen LogP contribution >= 0.6 is 0 Å². The highest BCUT2D eigenvalue weighted by Crippen LogP contribution is 2.41. The molecule has 0 aliphatic rings. The second-order valence-electron chi connectivity index (χ2n) is 8.14. The van der Waals surface area contributed by atoms with Crippen molar-refractivity contribution in [1.82, 2.24) is 0 Å². The molecule has 0 spiro atoms. The van der Waals surface area contributed by atoms with E-state index >= 15 is 0 Å². The van der Waals surface area contributed by atoms with Crippen molar-refractivity contribution in [1.29, 1.82) is 0 Å².